The third-order valence-electron chi connectivity index (χ3n) is 5.18. The molecule has 7 nitrogen and oxygen atoms in total. The van der Waals surface area contributed by atoms with Gasteiger partial charge in [0.05, 0.1) is 16.8 Å². The Bertz CT molecular complexity index is 999. The van der Waals surface area contributed by atoms with Crippen LogP contribution in [0.4, 0.5) is 5.69 Å². The Morgan fingerprint density at radius 3 is 2.97 bits per heavy atom. The number of carbonyl (C=O) groups is 3. The first kappa shape index (κ1) is 19.9. The van der Waals surface area contributed by atoms with Gasteiger partial charge in [0.1, 0.15) is 11.1 Å². The second-order valence-electron chi connectivity index (χ2n) is 6.95. The number of pyridine rings is 1. The molecule has 1 aromatic carbocycles. The number of fused-ring (bicyclic) bond motifs is 2. The summed E-state index contributed by atoms with van der Waals surface area (Å²) in [4.78, 5) is 44.4. The highest BCUT2D eigenvalue weighted by Crippen LogP contribution is 2.30. The highest BCUT2D eigenvalue weighted by Gasteiger charge is 2.40. The van der Waals surface area contributed by atoms with Crippen LogP contribution in [0.5, 0.6) is 0 Å². The maximum Gasteiger partial charge on any atom is 0.256 e. The molecule has 29 heavy (non-hydrogen) atoms. The molecule has 0 spiro atoms. The standard InChI is InChI=1S/C20H19BrN4O3S/c1-29-19-13(3-2-7-22-19)17(26)23-12-6-8-25-16(10-12)18(27)24-15-5-4-11(21)9-14(15)20(25)28/h2-5,7,9,12,16H,6,8,10H2,1H3,(H,23,26)(H,24,27). The number of benzene rings is 1. The number of hydrogen-bond donors (Lipinski definition) is 2. The van der Waals surface area contributed by atoms with Gasteiger partial charge in [-0.05, 0) is 49.4 Å². The average Bonchev–Trinajstić information content (AvgIpc) is 2.83. The Balaban J connectivity index is 1.52. The van der Waals surface area contributed by atoms with E-state index < -0.39 is 6.04 Å². The van der Waals surface area contributed by atoms with Crippen molar-refractivity contribution in [3.05, 3.63) is 52.1 Å². The number of anilines is 1. The Morgan fingerprint density at radius 1 is 1.34 bits per heavy atom. The number of thioether (sulfide) groups is 1. The predicted molar refractivity (Wildman–Crippen MR) is 114 cm³/mol. The van der Waals surface area contributed by atoms with Gasteiger partial charge < -0.3 is 15.5 Å². The zero-order valence-electron chi connectivity index (χ0n) is 15.6. The summed E-state index contributed by atoms with van der Waals surface area (Å²) in [5.41, 5.74) is 1.50. The molecular formula is C20H19BrN4O3S. The van der Waals surface area contributed by atoms with Crippen LogP contribution in [0.3, 0.4) is 0 Å². The van der Waals surface area contributed by atoms with Crippen molar-refractivity contribution in [2.45, 2.75) is 30.0 Å². The monoisotopic (exact) mass is 474 g/mol. The van der Waals surface area contributed by atoms with Crippen molar-refractivity contribution in [1.29, 1.82) is 0 Å². The van der Waals surface area contributed by atoms with E-state index in [2.05, 4.69) is 31.5 Å². The number of rotatable bonds is 3. The van der Waals surface area contributed by atoms with E-state index in [9.17, 15) is 14.4 Å². The van der Waals surface area contributed by atoms with Gasteiger partial charge in [-0.1, -0.05) is 15.9 Å². The van der Waals surface area contributed by atoms with Crippen LogP contribution in [0.1, 0.15) is 33.6 Å². The summed E-state index contributed by atoms with van der Waals surface area (Å²) in [5.74, 6) is -0.621. The highest BCUT2D eigenvalue weighted by atomic mass is 79.9. The van der Waals surface area contributed by atoms with Gasteiger partial charge >= 0.3 is 0 Å². The topological polar surface area (TPSA) is 91.4 Å². The number of piperidine rings is 1. The van der Waals surface area contributed by atoms with Crippen molar-refractivity contribution < 1.29 is 14.4 Å². The van der Waals surface area contributed by atoms with Gasteiger partial charge in [-0.3, -0.25) is 14.4 Å². The SMILES string of the molecule is CSc1ncccc1C(=O)NC1CCN2C(=O)c3cc(Br)ccc3NC(=O)C2C1. The fourth-order valence-electron chi connectivity index (χ4n) is 3.75. The molecule has 3 amide bonds. The van der Waals surface area contributed by atoms with Gasteiger partial charge in [-0.25, -0.2) is 4.98 Å². The molecule has 0 radical (unpaired) electrons. The van der Waals surface area contributed by atoms with E-state index in [1.54, 1.807) is 41.4 Å². The number of halogens is 1. The summed E-state index contributed by atoms with van der Waals surface area (Å²) in [6, 6.07) is 7.87. The molecule has 2 aliphatic heterocycles. The highest BCUT2D eigenvalue weighted by molar-refractivity contribution is 9.10. The summed E-state index contributed by atoms with van der Waals surface area (Å²) < 4.78 is 0.778. The number of nitrogens with one attached hydrogen (secondary N) is 2. The third kappa shape index (κ3) is 3.89. The molecule has 2 aromatic rings. The number of amides is 3. The molecule has 0 bridgehead atoms. The quantitative estimate of drug-likeness (QED) is 0.667. The zero-order valence-corrected chi connectivity index (χ0v) is 18.0. The lowest BCUT2D eigenvalue weighted by atomic mass is 9.96. The molecule has 2 aliphatic rings. The van der Waals surface area contributed by atoms with Gasteiger partial charge in [0.2, 0.25) is 5.91 Å². The fraction of sp³-hybridized carbons (Fsp3) is 0.300. The number of aromatic nitrogens is 1. The molecule has 1 saturated heterocycles. The van der Waals surface area contributed by atoms with Crippen LogP contribution >= 0.6 is 27.7 Å². The molecule has 0 aliphatic carbocycles. The van der Waals surface area contributed by atoms with Gasteiger partial charge in [-0.2, -0.15) is 0 Å². The smallest absolute Gasteiger partial charge is 0.256 e. The molecule has 1 aromatic heterocycles. The van der Waals surface area contributed by atoms with Gasteiger partial charge in [-0.15, -0.1) is 11.8 Å². The first-order chi connectivity index (χ1) is 14.0. The molecule has 4 rings (SSSR count). The molecular weight excluding hydrogens is 456 g/mol. The third-order valence-corrected chi connectivity index (χ3v) is 6.39. The number of carbonyl (C=O) groups excluding carboxylic acids is 3. The lowest BCUT2D eigenvalue weighted by molar-refractivity contribution is -0.121. The lowest BCUT2D eigenvalue weighted by Crippen LogP contribution is -2.55. The normalized spacial score (nSPS) is 21.0. The Kier molecular flexibility index (Phi) is 5.60. The minimum absolute atomic E-state index is 0.175. The van der Waals surface area contributed by atoms with E-state index in [4.69, 9.17) is 0 Å². The first-order valence-corrected chi connectivity index (χ1v) is 11.2. The van der Waals surface area contributed by atoms with Crippen molar-refractivity contribution in [2.24, 2.45) is 0 Å². The van der Waals surface area contributed by atoms with Crippen LogP contribution < -0.4 is 10.6 Å². The first-order valence-electron chi connectivity index (χ1n) is 9.19. The van der Waals surface area contributed by atoms with Crippen molar-refractivity contribution in [1.82, 2.24) is 15.2 Å². The maximum atomic E-state index is 13.0. The molecule has 3 heterocycles. The Morgan fingerprint density at radius 2 is 2.17 bits per heavy atom. The molecule has 2 unspecified atom stereocenters. The van der Waals surface area contributed by atoms with Crippen LogP contribution in [-0.2, 0) is 4.79 Å². The van der Waals surface area contributed by atoms with Crippen LogP contribution in [0.15, 0.2) is 46.0 Å². The second kappa shape index (κ2) is 8.16. The number of nitrogens with zero attached hydrogens (tertiary/aromatic N) is 2. The summed E-state index contributed by atoms with van der Waals surface area (Å²) in [6.45, 7) is 0.399. The van der Waals surface area contributed by atoms with E-state index in [1.807, 2.05) is 6.26 Å². The molecule has 9 heteroatoms. The number of hydrogen-bond acceptors (Lipinski definition) is 5. The van der Waals surface area contributed by atoms with E-state index in [-0.39, 0.29) is 23.8 Å². The molecule has 0 saturated carbocycles. The van der Waals surface area contributed by atoms with Crippen LogP contribution in [-0.4, -0.2) is 52.5 Å². The van der Waals surface area contributed by atoms with Crippen molar-refractivity contribution in [3.63, 3.8) is 0 Å². The minimum atomic E-state index is -0.623. The lowest BCUT2D eigenvalue weighted by Gasteiger charge is -2.37. The molecule has 150 valence electrons. The summed E-state index contributed by atoms with van der Waals surface area (Å²) >= 11 is 4.79. The minimum Gasteiger partial charge on any atom is -0.349 e. The summed E-state index contributed by atoms with van der Waals surface area (Å²) in [7, 11) is 0. The molecule has 2 N–H and O–H groups in total. The van der Waals surface area contributed by atoms with Crippen molar-refractivity contribution in [2.75, 3.05) is 18.1 Å². The van der Waals surface area contributed by atoms with Gasteiger partial charge in [0, 0.05) is 23.3 Å². The average molecular weight is 475 g/mol. The Hall–Kier alpha value is -2.39. The van der Waals surface area contributed by atoms with E-state index >= 15 is 0 Å². The Labute approximate surface area is 180 Å². The van der Waals surface area contributed by atoms with Crippen molar-refractivity contribution >= 4 is 51.1 Å². The van der Waals surface area contributed by atoms with Crippen molar-refractivity contribution in [3.8, 4) is 0 Å². The van der Waals surface area contributed by atoms with E-state index in [1.165, 1.54) is 11.8 Å². The van der Waals surface area contributed by atoms with Crippen LogP contribution in [0.2, 0.25) is 0 Å². The van der Waals surface area contributed by atoms with E-state index in [0.717, 1.165) is 4.47 Å². The fourth-order valence-corrected chi connectivity index (χ4v) is 4.66. The maximum absolute atomic E-state index is 13.0. The van der Waals surface area contributed by atoms with Gasteiger partial charge in [0.15, 0.2) is 0 Å². The second-order valence-corrected chi connectivity index (χ2v) is 8.66. The largest absolute Gasteiger partial charge is 0.349 e. The summed E-state index contributed by atoms with van der Waals surface area (Å²) in [6.07, 6.45) is 4.47. The summed E-state index contributed by atoms with van der Waals surface area (Å²) in [5, 5.41) is 6.52. The van der Waals surface area contributed by atoms with E-state index in [0.29, 0.717) is 41.2 Å². The zero-order chi connectivity index (χ0) is 20.5. The molecule has 2 atom stereocenters. The molecule has 1 fully saturated rings. The van der Waals surface area contributed by atoms with Crippen LogP contribution in [0.25, 0.3) is 0 Å². The van der Waals surface area contributed by atoms with Gasteiger partial charge in [0.25, 0.3) is 11.8 Å². The predicted octanol–water partition coefficient (Wildman–Crippen LogP) is 2.92. The van der Waals surface area contributed by atoms with Crippen LogP contribution in [0, 0.1) is 0 Å².